The molecule has 0 unspecified atom stereocenters. The Labute approximate surface area is 296 Å². The summed E-state index contributed by atoms with van der Waals surface area (Å²) in [6, 6.07) is -0.334. The zero-order valence-electron chi connectivity index (χ0n) is 30.6. The number of amides is 1. The monoisotopic (exact) mass is 717 g/mol. The van der Waals surface area contributed by atoms with Crippen LogP contribution in [-0.2, 0) is 47.6 Å². The van der Waals surface area contributed by atoms with E-state index in [1.165, 1.54) is 51.9 Å². The highest BCUT2D eigenvalue weighted by atomic mass is 32.1. The molecule has 282 valence electrons. The van der Waals surface area contributed by atoms with Crippen LogP contribution >= 0.6 is 12.2 Å². The quantitative estimate of drug-likeness (QED) is 0.0681. The molecule has 0 radical (unpaired) electrons. The summed E-state index contributed by atoms with van der Waals surface area (Å²) in [6.07, 6.45) is 5.64. The fraction of sp³-hybridized carbons (Fsp3) is 0.824. The van der Waals surface area contributed by atoms with Crippen molar-refractivity contribution in [2.24, 2.45) is 0 Å². The lowest BCUT2D eigenvalue weighted by atomic mass is 9.97. The summed E-state index contributed by atoms with van der Waals surface area (Å²) < 4.78 is 33.0. The van der Waals surface area contributed by atoms with Crippen molar-refractivity contribution in [1.82, 2.24) is 16.0 Å². The van der Waals surface area contributed by atoms with Crippen LogP contribution in [0.15, 0.2) is 0 Å². The number of esters is 4. The Kier molecular flexibility index (Phi) is 20.8. The van der Waals surface area contributed by atoms with Crippen LogP contribution in [-0.4, -0.2) is 90.5 Å². The van der Waals surface area contributed by atoms with E-state index >= 15 is 0 Å². The van der Waals surface area contributed by atoms with Gasteiger partial charge in [0.05, 0.1) is 0 Å². The summed E-state index contributed by atoms with van der Waals surface area (Å²) in [5.74, 6) is -2.82. The van der Waals surface area contributed by atoms with Crippen molar-refractivity contribution in [3.8, 4) is 0 Å². The van der Waals surface area contributed by atoms with Gasteiger partial charge in [-0.15, -0.1) is 0 Å². The fourth-order valence-electron chi connectivity index (χ4n) is 5.32. The summed E-state index contributed by atoms with van der Waals surface area (Å²) in [7, 11) is 0. The number of ether oxygens (including phenoxy) is 6. The number of carbonyl (C=O) groups is 5. The summed E-state index contributed by atoms with van der Waals surface area (Å²) in [4.78, 5) is 60.5. The molecule has 15 heteroatoms. The number of carbonyl (C=O) groups excluding carboxylic acids is 5. The standard InChI is InChI=1S/C34H59N3O11S/c1-9-10-11-12-13-14-15-16-17-18-19-26(36-33(42)48-34(6,7)8)20-35-32(49)37-31-30(46-25(5)41)29(45-24(4)40)28(44-23(3)39)27(47-31)21-43-22(2)38/h26-31H,9-21H2,1-8H3,(H,36,42)(H2,35,37,49)/t26-,27-,28-,29+,30-,31+/m1/s1. The van der Waals surface area contributed by atoms with Gasteiger partial charge in [0.25, 0.3) is 0 Å². The molecule has 14 nitrogen and oxygen atoms in total. The maximum absolute atomic E-state index is 12.6. The summed E-state index contributed by atoms with van der Waals surface area (Å²) in [5.41, 5.74) is -0.675. The highest BCUT2D eigenvalue weighted by molar-refractivity contribution is 7.80. The first kappa shape index (κ1) is 43.8. The smallest absolute Gasteiger partial charge is 0.407 e. The molecule has 0 aliphatic carbocycles. The van der Waals surface area contributed by atoms with Crippen molar-refractivity contribution in [2.75, 3.05) is 13.2 Å². The molecule has 1 fully saturated rings. The van der Waals surface area contributed by atoms with Crippen LogP contribution in [0.25, 0.3) is 0 Å². The van der Waals surface area contributed by atoms with Crippen molar-refractivity contribution < 1.29 is 52.4 Å². The third kappa shape index (κ3) is 20.2. The highest BCUT2D eigenvalue weighted by Gasteiger charge is 2.52. The summed E-state index contributed by atoms with van der Waals surface area (Å²) in [6.45, 7) is 12.1. The number of hydrogen-bond donors (Lipinski definition) is 3. The van der Waals surface area contributed by atoms with Crippen molar-refractivity contribution in [3.05, 3.63) is 0 Å². The molecule has 49 heavy (non-hydrogen) atoms. The molecule has 1 saturated heterocycles. The molecule has 0 aromatic heterocycles. The second-order valence-electron chi connectivity index (χ2n) is 13.3. The van der Waals surface area contributed by atoms with Crippen LogP contribution in [0.5, 0.6) is 0 Å². The molecular weight excluding hydrogens is 658 g/mol. The van der Waals surface area contributed by atoms with Gasteiger partial charge in [-0.2, -0.15) is 0 Å². The number of thiocarbonyl (C=S) groups is 1. The Morgan fingerprint density at radius 1 is 0.735 bits per heavy atom. The Hall–Kier alpha value is -3.20. The Morgan fingerprint density at radius 3 is 1.76 bits per heavy atom. The lowest BCUT2D eigenvalue weighted by molar-refractivity contribution is -0.254. The van der Waals surface area contributed by atoms with Crippen molar-refractivity contribution >= 4 is 47.3 Å². The Balaban J connectivity index is 3.00. The number of unbranched alkanes of at least 4 members (excludes halogenated alkanes) is 9. The molecule has 1 amide bonds. The topological polar surface area (TPSA) is 177 Å². The van der Waals surface area contributed by atoms with Crippen LogP contribution in [0, 0.1) is 0 Å². The van der Waals surface area contributed by atoms with E-state index in [1.807, 2.05) is 0 Å². The van der Waals surface area contributed by atoms with Gasteiger partial charge in [0.15, 0.2) is 29.7 Å². The van der Waals surface area contributed by atoms with Crippen LogP contribution in [0.2, 0.25) is 0 Å². The average Bonchev–Trinajstić information content (AvgIpc) is 2.97. The fourth-order valence-corrected chi connectivity index (χ4v) is 5.52. The molecule has 1 aliphatic rings. The average molecular weight is 718 g/mol. The molecule has 1 rings (SSSR count). The van der Waals surface area contributed by atoms with E-state index in [9.17, 15) is 24.0 Å². The first-order valence-electron chi connectivity index (χ1n) is 17.4. The van der Waals surface area contributed by atoms with Crippen molar-refractivity contribution in [1.29, 1.82) is 0 Å². The maximum Gasteiger partial charge on any atom is 0.407 e. The van der Waals surface area contributed by atoms with Gasteiger partial charge < -0.3 is 44.4 Å². The van der Waals surface area contributed by atoms with E-state index in [0.29, 0.717) is 6.42 Å². The first-order chi connectivity index (χ1) is 23.0. The second-order valence-corrected chi connectivity index (χ2v) is 13.7. The van der Waals surface area contributed by atoms with Crippen LogP contribution in [0.1, 0.15) is 126 Å². The number of alkyl carbamates (subject to hydrolysis) is 1. The molecule has 6 atom stereocenters. The zero-order valence-corrected chi connectivity index (χ0v) is 31.4. The Morgan fingerprint density at radius 2 is 1.24 bits per heavy atom. The molecular formula is C34H59N3O11S. The number of hydrogen-bond acceptors (Lipinski definition) is 12. The first-order valence-corrected chi connectivity index (χ1v) is 17.8. The largest absolute Gasteiger partial charge is 0.463 e. The highest BCUT2D eigenvalue weighted by Crippen LogP contribution is 2.28. The normalized spacial score (nSPS) is 21.0. The minimum atomic E-state index is -1.34. The van der Waals surface area contributed by atoms with E-state index in [2.05, 4.69) is 22.9 Å². The van der Waals surface area contributed by atoms with Crippen LogP contribution in [0.4, 0.5) is 4.79 Å². The molecule has 1 aliphatic heterocycles. The molecule has 0 bridgehead atoms. The minimum Gasteiger partial charge on any atom is -0.463 e. The maximum atomic E-state index is 12.6. The molecule has 0 aromatic carbocycles. The van der Waals surface area contributed by atoms with E-state index in [-0.39, 0.29) is 24.3 Å². The molecule has 3 N–H and O–H groups in total. The lowest BCUT2D eigenvalue weighted by Crippen LogP contribution is -2.67. The molecule has 0 spiro atoms. The van der Waals surface area contributed by atoms with Crippen LogP contribution in [0.3, 0.4) is 0 Å². The third-order valence-electron chi connectivity index (χ3n) is 7.40. The van der Waals surface area contributed by atoms with Gasteiger partial charge in [0, 0.05) is 40.3 Å². The van der Waals surface area contributed by atoms with Gasteiger partial charge in [-0.3, -0.25) is 19.2 Å². The van der Waals surface area contributed by atoms with Gasteiger partial charge >= 0.3 is 30.0 Å². The van der Waals surface area contributed by atoms with Crippen molar-refractivity contribution in [3.63, 3.8) is 0 Å². The predicted molar refractivity (Wildman–Crippen MR) is 185 cm³/mol. The molecule has 1 heterocycles. The summed E-state index contributed by atoms with van der Waals surface area (Å²) in [5, 5.41) is 8.99. The van der Waals surface area contributed by atoms with E-state index < -0.39 is 66.2 Å². The molecule has 0 aromatic rings. The van der Waals surface area contributed by atoms with Gasteiger partial charge in [-0.25, -0.2) is 4.79 Å². The predicted octanol–water partition coefficient (Wildman–Crippen LogP) is 4.74. The van der Waals surface area contributed by atoms with Gasteiger partial charge in [-0.1, -0.05) is 71.1 Å². The number of rotatable bonds is 20. The lowest BCUT2D eigenvalue weighted by Gasteiger charge is -2.44. The SMILES string of the molecule is CCCCCCCCCCCC[C@H](CNC(=S)N[C@H]1O[C@H](COC(C)=O)[C@@H](OC(C)=O)[C@H](OC(C)=O)[C@H]1OC(C)=O)NC(=O)OC(C)(C)C. The van der Waals surface area contributed by atoms with Gasteiger partial charge in [0.2, 0.25) is 0 Å². The number of nitrogens with one attached hydrogen (secondary N) is 3. The van der Waals surface area contributed by atoms with Crippen molar-refractivity contribution in [2.45, 2.75) is 168 Å². The van der Waals surface area contributed by atoms with Gasteiger partial charge in [-0.05, 0) is 39.4 Å². The van der Waals surface area contributed by atoms with Crippen LogP contribution < -0.4 is 16.0 Å². The Bertz CT molecular complexity index is 1070. The third-order valence-corrected chi connectivity index (χ3v) is 7.66. The van der Waals surface area contributed by atoms with Gasteiger partial charge in [0.1, 0.15) is 18.3 Å². The van der Waals surface area contributed by atoms with E-state index in [4.69, 9.17) is 40.6 Å². The summed E-state index contributed by atoms with van der Waals surface area (Å²) >= 11 is 5.55. The minimum absolute atomic E-state index is 0.0694. The van der Waals surface area contributed by atoms with E-state index in [0.717, 1.165) is 40.0 Å². The zero-order chi connectivity index (χ0) is 37.0. The molecule has 0 saturated carbocycles. The van der Waals surface area contributed by atoms with E-state index in [1.54, 1.807) is 20.8 Å². The second kappa shape index (κ2) is 23.2.